The third kappa shape index (κ3) is 3.53. The monoisotopic (exact) mass is 480 g/mol. The van der Waals surface area contributed by atoms with Crippen molar-refractivity contribution in [2.45, 2.75) is 30.4 Å². The fourth-order valence-electron chi connectivity index (χ4n) is 3.80. The van der Waals surface area contributed by atoms with Crippen LogP contribution in [0.4, 0.5) is 0 Å². The highest BCUT2D eigenvalue weighted by Gasteiger charge is 2.28. The number of carbonyl (C=O) groups is 1. The van der Waals surface area contributed by atoms with E-state index in [1.165, 1.54) is 36.5 Å². The summed E-state index contributed by atoms with van der Waals surface area (Å²) in [6.07, 6.45) is 3.05. The van der Waals surface area contributed by atoms with Crippen LogP contribution in [-0.2, 0) is 13.6 Å². The molecule has 33 heavy (non-hydrogen) atoms. The van der Waals surface area contributed by atoms with E-state index in [1.54, 1.807) is 10.8 Å². The second kappa shape index (κ2) is 8.16. The zero-order valence-electron chi connectivity index (χ0n) is 18.1. The highest BCUT2D eigenvalue weighted by Crippen LogP contribution is 2.40. The van der Waals surface area contributed by atoms with Gasteiger partial charge in [0.05, 0.1) is 15.2 Å². The molecule has 0 unspecified atom stereocenters. The Morgan fingerprint density at radius 3 is 2.76 bits per heavy atom. The number of aromatic nitrogens is 6. The first-order chi connectivity index (χ1) is 15.9. The number of hydrogen-bond acceptors (Lipinski definition) is 7. The lowest BCUT2D eigenvalue weighted by molar-refractivity contribution is 0.104. The van der Waals surface area contributed by atoms with E-state index in [0.29, 0.717) is 37.3 Å². The number of benzene rings is 1. The predicted molar refractivity (Wildman–Crippen MR) is 128 cm³/mol. The summed E-state index contributed by atoms with van der Waals surface area (Å²) in [5.74, 6) is -0.0510. The Kier molecular flexibility index (Phi) is 5.29. The van der Waals surface area contributed by atoms with E-state index in [-0.39, 0.29) is 11.7 Å². The Hall–Kier alpha value is -3.44. The topological polar surface area (TPSA) is 118 Å². The summed E-state index contributed by atoms with van der Waals surface area (Å²) in [6, 6.07) is 7.55. The average Bonchev–Trinajstić information content (AvgIpc) is 3.54. The first-order valence-electron chi connectivity index (χ1n) is 10.3. The van der Waals surface area contributed by atoms with Gasteiger partial charge < -0.3 is 4.98 Å². The molecule has 0 saturated heterocycles. The molecule has 168 valence electrons. The van der Waals surface area contributed by atoms with Crippen molar-refractivity contribution in [3.8, 4) is 0 Å². The maximum atomic E-state index is 13.8. The molecule has 0 aliphatic heterocycles. The minimum Gasteiger partial charge on any atom is -0.360 e. The van der Waals surface area contributed by atoms with Gasteiger partial charge in [-0.15, -0.1) is 11.3 Å². The van der Waals surface area contributed by atoms with Crippen LogP contribution in [0.2, 0.25) is 0 Å². The number of hydrogen-bond donors (Lipinski definition) is 2. The second-order valence-electron chi connectivity index (χ2n) is 8.06. The molecule has 0 atom stereocenters. The molecule has 4 aromatic heterocycles. The van der Waals surface area contributed by atoms with Gasteiger partial charge in [-0.2, -0.15) is 5.10 Å². The molecule has 9 nitrogen and oxygen atoms in total. The molecule has 0 aliphatic rings. The molecular weight excluding hydrogens is 460 g/mol. The van der Waals surface area contributed by atoms with Crippen molar-refractivity contribution < 1.29 is 4.79 Å². The third-order valence-electron chi connectivity index (χ3n) is 5.31. The fourth-order valence-corrected chi connectivity index (χ4v) is 6.12. The number of thiophene rings is 1. The molecule has 0 saturated carbocycles. The van der Waals surface area contributed by atoms with E-state index < -0.39 is 11.2 Å². The van der Waals surface area contributed by atoms with Crippen LogP contribution in [-0.4, -0.2) is 35.1 Å². The number of H-pyrrole nitrogens is 2. The van der Waals surface area contributed by atoms with Crippen molar-refractivity contribution in [2.24, 2.45) is 13.0 Å². The van der Waals surface area contributed by atoms with Gasteiger partial charge in [-0.25, -0.2) is 9.78 Å². The molecule has 0 bridgehead atoms. The summed E-state index contributed by atoms with van der Waals surface area (Å²) < 4.78 is 2.68. The van der Waals surface area contributed by atoms with Crippen LogP contribution in [0, 0.1) is 5.92 Å². The zero-order chi connectivity index (χ0) is 23.3. The first kappa shape index (κ1) is 21.4. The van der Waals surface area contributed by atoms with E-state index in [4.69, 9.17) is 0 Å². The zero-order valence-corrected chi connectivity index (χ0v) is 19.7. The molecule has 0 radical (unpaired) electrons. The second-order valence-corrected chi connectivity index (χ2v) is 10.1. The summed E-state index contributed by atoms with van der Waals surface area (Å²) in [7, 11) is 1.46. The van der Waals surface area contributed by atoms with Crippen molar-refractivity contribution in [3.05, 3.63) is 68.1 Å². The van der Waals surface area contributed by atoms with E-state index in [1.807, 2.05) is 38.1 Å². The molecule has 0 amide bonds. The molecule has 0 spiro atoms. The van der Waals surface area contributed by atoms with Gasteiger partial charge in [0.1, 0.15) is 11.2 Å². The Morgan fingerprint density at radius 1 is 1.24 bits per heavy atom. The number of ketones is 1. The molecule has 2 N–H and O–H groups in total. The summed E-state index contributed by atoms with van der Waals surface area (Å²) >= 11 is 2.34. The third-order valence-corrected chi connectivity index (χ3v) is 7.65. The lowest BCUT2D eigenvalue weighted by Gasteiger charge is -2.11. The summed E-state index contributed by atoms with van der Waals surface area (Å²) in [5, 5.41) is 8.24. The smallest absolute Gasteiger partial charge is 0.331 e. The Bertz CT molecular complexity index is 1620. The molecule has 1 aromatic carbocycles. The van der Waals surface area contributed by atoms with Crippen molar-refractivity contribution in [3.63, 3.8) is 0 Å². The van der Waals surface area contributed by atoms with Crippen molar-refractivity contribution in [1.29, 1.82) is 0 Å². The Morgan fingerprint density at radius 2 is 2.03 bits per heavy atom. The van der Waals surface area contributed by atoms with Gasteiger partial charge in [-0.05, 0) is 23.7 Å². The number of aromatic amines is 2. The van der Waals surface area contributed by atoms with Crippen LogP contribution in [0.5, 0.6) is 0 Å². The number of para-hydroxylation sites is 1. The van der Waals surface area contributed by atoms with Gasteiger partial charge in [0.15, 0.2) is 5.16 Å². The lowest BCUT2D eigenvalue weighted by Crippen LogP contribution is -2.38. The average molecular weight is 481 g/mol. The van der Waals surface area contributed by atoms with Crippen molar-refractivity contribution >= 4 is 50.0 Å². The molecule has 0 aliphatic carbocycles. The van der Waals surface area contributed by atoms with Crippen molar-refractivity contribution in [2.75, 3.05) is 0 Å². The molecular formula is C22H20N6O3S2. The van der Waals surface area contributed by atoms with Crippen LogP contribution in [0.15, 0.2) is 56.4 Å². The minimum absolute atomic E-state index is 0.170. The van der Waals surface area contributed by atoms with E-state index in [2.05, 4.69) is 20.2 Å². The number of fused-ring (bicyclic) bond motifs is 2. The minimum atomic E-state index is -0.439. The van der Waals surface area contributed by atoms with Gasteiger partial charge >= 0.3 is 5.69 Å². The fraction of sp³-hybridized carbons (Fsp3) is 0.227. The van der Waals surface area contributed by atoms with E-state index in [9.17, 15) is 14.4 Å². The largest absolute Gasteiger partial charge is 0.360 e. The molecule has 11 heteroatoms. The number of rotatable bonds is 6. The highest BCUT2D eigenvalue weighted by molar-refractivity contribution is 7.99. The predicted octanol–water partition coefficient (Wildman–Crippen LogP) is 3.40. The van der Waals surface area contributed by atoms with E-state index >= 15 is 0 Å². The van der Waals surface area contributed by atoms with Gasteiger partial charge in [0, 0.05) is 36.3 Å². The molecule has 5 rings (SSSR count). The van der Waals surface area contributed by atoms with Gasteiger partial charge in [-0.3, -0.25) is 23.8 Å². The van der Waals surface area contributed by atoms with Crippen molar-refractivity contribution in [1.82, 2.24) is 29.3 Å². The number of carbonyl (C=O) groups excluding carboxylic acids is 1. The maximum absolute atomic E-state index is 13.8. The molecule has 4 heterocycles. The quantitative estimate of drug-likeness (QED) is 0.360. The van der Waals surface area contributed by atoms with E-state index in [0.717, 1.165) is 15.5 Å². The molecule has 5 aromatic rings. The highest BCUT2D eigenvalue weighted by atomic mass is 32.2. The van der Waals surface area contributed by atoms with Crippen LogP contribution >= 0.6 is 23.1 Å². The maximum Gasteiger partial charge on any atom is 0.331 e. The Balaban J connectivity index is 1.82. The first-order valence-corrected chi connectivity index (χ1v) is 11.9. The van der Waals surface area contributed by atoms with Crippen LogP contribution in [0.25, 0.3) is 21.1 Å². The number of nitrogens with one attached hydrogen (secondary N) is 2. The standard InChI is InChI=1S/C22H20N6O3S2/c1-11(2)9-28-20-15(19(30)27(3)22(28)31)17(33-21-24-10-25-26-21)18(32-20)16(29)13-8-23-14-7-5-4-6-12(13)14/h4-8,10-11,23H,9H2,1-3H3,(H,24,25,26). The summed E-state index contributed by atoms with van der Waals surface area (Å²) in [4.78, 5) is 48.6. The Labute approximate surface area is 195 Å². The normalized spacial score (nSPS) is 11.8. The lowest BCUT2D eigenvalue weighted by atomic mass is 10.1. The summed E-state index contributed by atoms with van der Waals surface area (Å²) in [5.41, 5.74) is 0.515. The van der Waals surface area contributed by atoms with Gasteiger partial charge in [-0.1, -0.05) is 32.0 Å². The van der Waals surface area contributed by atoms with Gasteiger partial charge in [0.25, 0.3) is 5.56 Å². The molecule has 0 fully saturated rings. The van der Waals surface area contributed by atoms with Crippen LogP contribution < -0.4 is 11.2 Å². The van der Waals surface area contributed by atoms with Crippen LogP contribution in [0.3, 0.4) is 0 Å². The number of nitrogens with zero attached hydrogens (tertiary/aromatic N) is 4. The summed E-state index contributed by atoms with van der Waals surface area (Å²) in [6.45, 7) is 4.43. The SMILES string of the molecule is CC(C)Cn1c(=O)n(C)c(=O)c2c(Sc3ncn[nH]3)c(C(=O)c3c[nH]c4ccccc34)sc21. The van der Waals surface area contributed by atoms with Crippen LogP contribution in [0.1, 0.15) is 29.1 Å². The van der Waals surface area contributed by atoms with Gasteiger partial charge in [0.2, 0.25) is 5.78 Å².